The minimum Gasteiger partial charge on any atom is -0.394 e. The van der Waals surface area contributed by atoms with E-state index < -0.39 is 79.7 Å². The smallest absolute Gasteiger partial charge is 0.236 e. The van der Waals surface area contributed by atoms with E-state index in [2.05, 4.69) is 0 Å². The van der Waals surface area contributed by atoms with Crippen LogP contribution in [0.5, 0.6) is 0 Å². The Morgan fingerprint density at radius 2 is 1.65 bits per heavy atom. The molecule has 12 atom stereocenters. The molecule has 0 unspecified atom stereocenters. The average molecular weight is 382 g/mol. The van der Waals surface area contributed by atoms with Crippen LogP contribution in [0.2, 0.25) is 0 Å². The number of hydrogen-bond acceptors (Lipinski definition) is 12. The maximum atomic E-state index is 10.6. The molecule has 5 aliphatic rings. The number of aliphatic hydroxyl groups is 7. The van der Waals surface area contributed by atoms with Crippen LogP contribution in [0.15, 0.2) is 0 Å². The maximum absolute atomic E-state index is 10.6. The minimum atomic E-state index is -2.31. The Balaban J connectivity index is 1.57. The first-order valence-electron chi connectivity index (χ1n) is 8.32. The molecule has 0 aromatic heterocycles. The van der Waals surface area contributed by atoms with Gasteiger partial charge in [0, 0.05) is 12.3 Å². The van der Waals surface area contributed by atoms with Crippen molar-refractivity contribution in [1.82, 2.24) is 0 Å². The van der Waals surface area contributed by atoms with Gasteiger partial charge in [-0.2, -0.15) is 4.89 Å². The van der Waals surface area contributed by atoms with Gasteiger partial charge >= 0.3 is 0 Å². The van der Waals surface area contributed by atoms with Crippen LogP contribution >= 0.6 is 0 Å². The van der Waals surface area contributed by atoms with Gasteiger partial charge in [0.2, 0.25) is 5.79 Å². The summed E-state index contributed by atoms with van der Waals surface area (Å²) in [4.78, 5) is 9.81. The van der Waals surface area contributed by atoms with Crippen LogP contribution in [0.1, 0.15) is 6.42 Å². The highest BCUT2D eigenvalue weighted by molar-refractivity contribution is 5.07. The zero-order valence-electron chi connectivity index (χ0n) is 13.4. The van der Waals surface area contributed by atoms with Crippen molar-refractivity contribution in [3.05, 3.63) is 0 Å². The predicted octanol–water partition coefficient (Wildman–Crippen LogP) is -4.51. The third-order valence-electron chi connectivity index (χ3n) is 5.57. The number of ether oxygens (including phenoxy) is 3. The lowest BCUT2D eigenvalue weighted by Gasteiger charge is -2.43. The minimum absolute atomic E-state index is 0.125. The third kappa shape index (κ3) is 2.62. The first-order valence-corrected chi connectivity index (χ1v) is 8.32. The van der Waals surface area contributed by atoms with Gasteiger partial charge in [-0.3, -0.25) is 0 Å². The predicted molar refractivity (Wildman–Crippen MR) is 74.2 cm³/mol. The van der Waals surface area contributed by atoms with Crippen LogP contribution in [-0.2, 0) is 24.0 Å². The number of fused-ring (bicyclic) bond motifs is 2. The molecule has 0 aromatic rings. The molecule has 12 heteroatoms. The summed E-state index contributed by atoms with van der Waals surface area (Å²) < 4.78 is 16.3. The average Bonchev–Trinajstić information content (AvgIpc) is 2.77. The van der Waals surface area contributed by atoms with Gasteiger partial charge in [0.05, 0.1) is 18.6 Å². The highest BCUT2D eigenvalue weighted by Crippen LogP contribution is 2.53. The van der Waals surface area contributed by atoms with Crippen molar-refractivity contribution < 1.29 is 59.7 Å². The van der Waals surface area contributed by atoms with E-state index in [0.29, 0.717) is 0 Å². The standard InChI is InChI=1S/C14H22O12/c15-2-4-8(17)9(18)10(19)13(22-4)24-12-6-3-1-5(23-12)25-26-14(6,21)11(20)7(3)16/h3-13,15-21H,1-2H2/t3-,4-,5-,6-,7+,8-,9+,10-,11-,12+,13+,14-/m1/s1. The van der Waals surface area contributed by atoms with Gasteiger partial charge in [0.25, 0.3) is 0 Å². The molecular formula is C14H22O12. The van der Waals surface area contributed by atoms with E-state index in [-0.39, 0.29) is 6.42 Å². The van der Waals surface area contributed by atoms with E-state index in [1.165, 1.54) is 0 Å². The highest BCUT2D eigenvalue weighted by Gasteiger charge is 2.69. The zero-order valence-corrected chi connectivity index (χ0v) is 13.4. The summed E-state index contributed by atoms with van der Waals surface area (Å²) in [6.07, 6.45) is -12.8. The first-order chi connectivity index (χ1) is 12.3. The molecule has 4 heterocycles. The van der Waals surface area contributed by atoms with E-state index in [1.54, 1.807) is 0 Å². The van der Waals surface area contributed by atoms with Gasteiger partial charge in [-0.1, -0.05) is 0 Å². The second kappa shape index (κ2) is 6.55. The Labute approximate surface area is 147 Å². The van der Waals surface area contributed by atoms with Crippen molar-refractivity contribution in [2.75, 3.05) is 6.61 Å². The highest BCUT2D eigenvalue weighted by atomic mass is 17.3. The van der Waals surface area contributed by atoms with Crippen molar-refractivity contribution in [2.24, 2.45) is 11.8 Å². The summed E-state index contributed by atoms with van der Waals surface area (Å²) in [7, 11) is 0. The fourth-order valence-corrected chi connectivity index (χ4v) is 4.12. The second-order valence-corrected chi connectivity index (χ2v) is 7.06. The van der Waals surface area contributed by atoms with Gasteiger partial charge in [-0.15, -0.1) is 0 Å². The van der Waals surface area contributed by atoms with Gasteiger partial charge < -0.3 is 50.0 Å². The van der Waals surface area contributed by atoms with Crippen molar-refractivity contribution in [3.8, 4) is 0 Å². The summed E-state index contributed by atoms with van der Waals surface area (Å²) in [5.74, 6) is -4.08. The van der Waals surface area contributed by atoms with E-state index in [0.717, 1.165) is 0 Å². The Bertz CT molecular complexity index is 532. The molecule has 5 fully saturated rings. The molecule has 0 aromatic carbocycles. The van der Waals surface area contributed by atoms with Gasteiger partial charge in [-0.05, 0) is 0 Å². The van der Waals surface area contributed by atoms with Crippen molar-refractivity contribution in [2.45, 2.75) is 67.7 Å². The lowest BCUT2D eigenvalue weighted by molar-refractivity contribution is -0.465. The third-order valence-corrected chi connectivity index (χ3v) is 5.57. The van der Waals surface area contributed by atoms with Crippen molar-refractivity contribution in [1.29, 1.82) is 0 Å². The van der Waals surface area contributed by atoms with Gasteiger partial charge in [0.15, 0.2) is 18.9 Å². The molecular weight excluding hydrogens is 360 g/mol. The molecule has 1 saturated carbocycles. The normalized spacial score (nSPS) is 59.4. The Morgan fingerprint density at radius 3 is 2.35 bits per heavy atom. The molecule has 7 N–H and O–H groups in total. The van der Waals surface area contributed by atoms with Crippen LogP contribution in [0.25, 0.3) is 0 Å². The Kier molecular flexibility index (Phi) is 4.75. The molecule has 4 aliphatic heterocycles. The van der Waals surface area contributed by atoms with Crippen LogP contribution in [0, 0.1) is 11.8 Å². The summed E-state index contributed by atoms with van der Waals surface area (Å²) in [5, 5.41) is 69.9. The quantitative estimate of drug-likeness (QED) is 0.232. The summed E-state index contributed by atoms with van der Waals surface area (Å²) in [5.41, 5.74) is 0. The number of aliphatic hydroxyl groups excluding tert-OH is 6. The van der Waals surface area contributed by atoms with E-state index in [9.17, 15) is 35.7 Å². The van der Waals surface area contributed by atoms with Crippen LogP contribution in [0.4, 0.5) is 0 Å². The van der Waals surface area contributed by atoms with E-state index in [4.69, 9.17) is 24.0 Å². The Hall–Kier alpha value is -0.480. The monoisotopic (exact) mass is 382 g/mol. The first kappa shape index (κ1) is 18.9. The molecule has 0 spiro atoms. The second-order valence-electron chi connectivity index (χ2n) is 7.06. The molecule has 5 rings (SSSR count). The lowest BCUT2D eigenvalue weighted by Crippen LogP contribution is -2.61. The van der Waals surface area contributed by atoms with Crippen LogP contribution in [-0.4, -0.2) is 104 Å². The summed E-state index contributed by atoms with van der Waals surface area (Å²) in [6, 6.07) is 0. The number of rotatable bonds is 3. The molecule has 150 valence electrons. The summed E-state index contributed by atoms with van der Waals surface area (Å²) >= 11 is 0. The number of hydrogen-bond donors (Lipinski definition) is 7. The Morgan fingerprint density at radius 1 is 0.923 bits per heavy atom. The van der Waals surface area contributed by atoms with Crippen LogP contribution < -0.4 is 0 Å². The fraction of sp³-hybridized carbons (Fsp3) is 1.00. The van der Waals surface area contributed by atoms with Gasteiger partial charge in [0.1, 0.15) is 30.5 Å². The topological polar surface area (TPSA) is 188 Å². The molecule has 1 aliphatic carbocycles. The molecule has 0 amide bonds. The SMILES string of the molecule is OC[C@H]1O[C@@H](O[C@@H]2O[C@H]3C[C@H]4[C@H](O)[C@@H](O)[C@](O)(OO3)[C@@H]24)[C@H](O)[C@@H](O)[C@@H]1O. The van der Waals surface area contributed by atoms with E-state index >= 15 is 0 Å². The van der Waals surface area contributed by atoms with E-state index in [1.807, 2.05) is 0 Å². The fourth-order valence-electron chi connectivity index (χ4n) is 4.12. The molecule has 12 nitrogen and oxygen atoms in total. The van der Waals surface area contributed by atoms with Gasteiger partial charge in [-0.25, -0.2) is 4.89 Å². The molecule has 4 saturated heterocycles. The molecule has 26 heavy (non-hydrogen) atoms. The molecule has 4 bridgehead atoms. The van der Waals surface area contributed by atoms with Crippen molar-refractivity contribution >= 4 is 0 Å². The zero-order chi connectivity index (χ0) is 18.8. The molecule has 0 radical (unpaired) electrons. The largest absolute Gasteiger partial charge is 0.394 e. The summed E-state index contributed by atoms with van der Waals surface area (Å²) in [6.45, 7) is -0.640. The van der Waals surface area contributed by atoms with Crippen molar-refractivity contribution in [3.63, 3.8) is 0 Å². The van der Waals surface area contributed by atoms with Crippen LogP contribution in [0.3, 0.4) is 0 Å². The lowest BCUT2D eigenvalue weighted by atomic mass is 9.86. The maximum Gasteiger partial charge on any atom is 0.236 e.